The Bertz CT molecular complexity index is 148. The standard InChI is InChI=1S/C6H8N2S2/c1-5(9-3-7)6(2)10-4-8/h5-6H,1-2H3. The van der Waals surface area contributed by atoms with Crippen molar-refractivity contribution in [3.63, 3.8) is 0 Å². The second-order valence-electron chi connectivity index (χ2n) is 1.83. The normalized spacial score (nSPS) is 14.8. The van der Waals surface area contributed by atoms with Crippen molar-refractivity contribution in [1.29, 1.82) is 10.5 Å². The lowest BCUT2D eigenvalue weighted by atomic mass is 10.4. The third-order valence-electron chi connectivity index (χ3n) is 1.14. The Kier molecular flexibility index (Phi) is 5.29. The average molecular weight is 172 g/mol. The fourth-order valence-corrected chi connectivity index (χ4v) is 1.41. The monoisotopic (exact) mass is 172 g/mol. The molecule has 0 spiro atoms. The van der Waals surface area contributed by atoms with E-state index in [1.165, 1.54) is 23.5 Å². The first-order valence-corrected chi connectivity index (χ1v) is 4.57. The number of rotatable bonds is 3. The van der Waals surface area contributed by atoms with Crippen molar-refractivity contribution >= 4 is 23.5 Å². The Morgan fingerprint density at radius 3 is 1.50 bits per heavy atom. The van der Waals surface area contributed by atoms with Crippen LogP contribution in [0.4, 0.5) is 0 Å². The Labute approximate surface area is 69.6 Å². The molecule has 0 fully saturated rings. The van der Waals surface area contributed by atoms with Crippen molar-refractivity contribution in [2.75, 3.05) is 0 Å². The lowest BCUT2D eigenvalue weighted by molar-refractivity contribution is 0.935. The van der Waals surface area contributed by atoms with Crippen LogP contribution in [0.5, 0.6) is 0 Å². The highest BCUT2D eigenvalue weighted by atomic mass is 32.2. The van der Waals surface area contributed by atoms with Crippen LogP contribution in [0, 0.1) is 21.3 Å². The average Bonchev–Trinajstić information content (AvgIpc) is 1.89. The molecular formula is C6H8N2S2. The molecule has 0 aliphatic carbocycles. The van der Waals surface area contributed by atoms with Crippen LogP contribution in [-0.2, 0) is 0 Å². The van der Waals surface area contributed by atoms with E-state index in [9.17, 15) is 0 Å². The summed E-state index contributed by atoms with van der Waals surface area (Å²) in [5.41, 5.74) is 0. The molecule has 54 valence electrons. The van der Waals surface area contributed by atoms with E-state index in [4.69, 9.17) is 10.5 Å². The number of nitrogens with zero attached hydrogens (tertiary/aromatic N) is 2. The second-order valence-corrected chi connectivity index (χ2v) is 4.15. The predicted octanol–water partition coefficient (Wildman–Crippen LogP) is 2.19. The van der Waals surface area contributed by atoms with Crippen LogP contribution >= 0.6 is 23.5 Å². The molecule has 0 aromatic carbocycles. The van der Waals surface area contributed by atoms with Gasteiger partial charge < -0.3 is 0 Å². The summed E-state index contributed by atoms with van der Waals surface area (Å²) in [5.74, 6) is 0. The molecule has 0 aromatic rings. The zero-order valence-corrected chi connectivity index (χ0v) is 7.50. The molecule has 0 heterocycles. The number of thiocyanates is 2. The third kappa shape index (κ3) is 3.66. The molecule has 2 nitrogen and oxygen atoms in total. The van der Waals surface area contributed by atoms with Gasteiger partial charge in [-0.2, -0.15) is 10.5 Å². The molecule has 0 aromatic heterocycles. The first-order chi connectivity index (χ1) is 4.72. The van der Waals surface area contributed by atoms with E-state index in [1.54, 1.807) is 0 Å². The minimum atomic E-state index is 0.231. The molecule has 0 rings (SSSR count). The number of hydrogen-bond acceptors (Lipinski definition) is 4. The van der Waals surface area contributed by atoms with E-state index < -0.39 is 0 Å². The van der Waals surface area contributed by atoms with Crippen LogP contribution < -0.4 is 0 Å². The minimum absolute atomic E-state index is 0.231. The van der Waals surface area contributed by atoms with Gasteiger partial charge in [-0.25, -0.2) is 0 Å². The van der Waals surface area contributed by atoms with Crippen LogP contribution in [0.2, 0.25) is 0 Å². The fourth-order valence-electron chi connectivity index (χ4n) is 0.358. The summed E-state index contributed by atoms with van der Waals surface area (Å²) in [4.78, 5) is 0. The van der Waals surface area contributed by atoms with E-state index in [0.717, 1.165) is 0 Å². The van der Waals surface area contributed by atoms with Crippen molar-refractivity contribution in [2.24, 2.45) is 0 Å². The molecular weight excluding hydrogens is 164 g/mol. The summed E-state index contributed by atoms with van der Waals surface area (Å²) in [6.45, 7) is 3.89. The van der Waals surface area contributed by atoms with Gasteiger partial charge in [-0.1, -0.05) is 13.8 Å². The van der Waals surface area contributed by atoms with Crippen LogP contribution in [0.15, 0.2) is 0 Å². The van der Waals surface area contributed by atoms with E-state index in [0.29, 0.717) is 0 Å². The molecule has 2 atom stereocenters. The van der Waals surface area contributed by atoms with Crippen molar-refractivity contribution in [1.82, 2.24) is 0 Å². The van der Waals surface area contributed by atoms with Gasteiger partial charge in [-0.3, -0.25) is 0 Å². The van der Waals surface area contributed by atoms with E-state index in [-0.39, 0.29) is 10.5 Å². The maximum Gasteiger partial charge on any atom is 0.133 e. The molecule has 4 heteroatoms. The predicted molar refractivity (Wildman–Crippen MR) is 45.3 cm³/mol. The van der Waals surface area contributed by atoms with Gasteiger partial charge in [-0.05, 0) is 23.5 Å². The van der Waals surface area contributed by atoms with Crippen LogP contribution in [0.25, 0.3) is 0 Å². The van der Waals surface area contributed by atoms with Crippen molar-refractivity contribution in [2.45, 2.75) is 24.3 Å². The topological polar surface area (TPSA) is 47.6 Å². The summed E-state index contributed by atoms with van der Waals surface area (Å²) in [6.07, 6.45) is 0. The lowest BCUT2D eigenvalue weighted by Crippen LogP contribution is -2.10. The van der Waals surface area contributed by atoms with Gasteiger partial charge in [0, 0.05) is 10.5 Å². The van der Waals surface area contributed by atoms with Gasteiger partial charge in [0.25, 0.3) is 0 Å². The van der Waals surface area contributed by atoms with E-state index >= 15 is 0 Å². The third-order valence-corrected chi connectivity index (χ3v) is 3.08. The van der Waals surface area contributed by atoms with Crippen molar-refractivity contribution in [3.8, 4) is 10.8 Å². The minimum Gasteiger partial charge on any atom is -0.185 e. The second kappa shape index (κ2) is 5.46. The van der Waals surface area contributed by atoms with Gasteiger partial charge >= 0.3 is 0 Å². The van der Waals surface area contributed by atoms with Crippen LogP contribution in [-0.4, -0.2) is 10.5 Å². The maximum atomic E-state index is 8.27. The number of hydrogen-bond donors (Lipinski definition) is 0. The molecule has 0 bridgehead atoms. The van der Waals surface area contributed by atoms with Gasteiger partial charge in [0.15, 0.2) is 0 Å². The van der Waals surface area contributed by atoms with Gasteiger partial charge in [0.2, 0.25) is 0 Å². The Morgan fingerprint density at radius 2 is 1.30 bits per heavy atom. The first kappa shape index (κ1) is 9.68. The number of thioether (sulfide) groups is 2. The highest BCUT2D eigenvalue weighted by Gasteiger charge is 2.12. The Hall–Kier alpha value is -0.320. The van der Waals surface area contributed by atoms with Crippen molar-refractivity contribution < 1.29 is 0 Å². The Morgan fingerprint density at radius 1 is 1.00 bits per heavy atom. The molecule has 0 radical (unpaired) electrons. The SMILES string of the molecule is CC(SC#N)C(C)SC#N. The van der Waals surface area contributed by atoms with Gasteiger partial charge in [0.05, 0.1) is 0 Å². The number of nitriles is 2. The summed E-state index contributed by atoms with van der Waals surface area (Å²) < 4.78 is 0. The molecule has 2 unspecified atom stereocenters. The molecule has 0 aliphatic rings. The molecule has 0 amide bonds. The highest BCUT2D eigenvalue weighted by Crippen LogP contribution is 2.21. The summed E-state index contributed by atoms with van der Waals surface area (Å²) in [7, 11) is 0. The molecule has 0 saturated carbocycles. The van der Waals surface area contributed by atoms with Crippen molar-refractivity contribution in [3.05, 3.63) is 0 Å². The maximum absolute atomic E-state index is 8.27. The van der Waals surface area contributed by atoms with Crippen LogP contribution in [0.1, 0.15) is 13.8 Å². The largest absolute Gasteiger partial charge is 0.185 e. The van der Waals surface area contributed by atoms with E-state index in [1.807, 2.05) is 24.6 Å². The quantitative estimate of drug-likeness (QED) is 0.612. The summed E-state index contributed by atoms with van der Waals surface area (Å²) in [6, 6.07) is 0. The molecule has 0 saturated heterocycles. The first-order valence-electron chi connectivity index (χ1n) is 2.81. The zero-order chi connectivity index (χ0) is 7.98. The molecule has 0 aliphatic heterocycles. The van der Waals surface area contributed by atoms with Gasteiger partial charge in [-0.15, -0.1) is 0 Å². The molecule has 0 N–H and O–H groups in total. The molecule has 10 heavy (non-hydrogen) atoms. The summed E-state index contributed by atoms with van der Waals surface area (Å²) >= 11 is 2.43. The highest BCUT2D eigenvalue weighted by molar-refractivity contribution is 8.08. The Balaban J connectivity index is 3.63. The van der Waals surface area contributed by atoms with Crippen LogP contribution in [0.3, 0.4) is 0 Å². The fraction of sp³-hybridized carbons (Fsp3) is 0.667. The van der Waals surface area contributed by atoms with E-state index in [2.05, 4.69) is 0 Å². The van der Waals surface area contributed by atoms with Gasteiger partial charge in [0.1, 0.15) is 10.8 Å². The lowest BCUT2D eigenvalue weighted by Gasteiger charge is -2.10. The zero-order valence-electron chi connectivity index (χ0n) is 5.87. The summed E-state index contributed by atoms with van der Waals surface area (Å²) in [5, 5.41) is 21.0. The smallest absolute Gasteiger partial charge is 0.133 e.